The second kappa shape index (κ2) is 8.25. The molecule has 0 saturated heterocycles. The van der Waals surface area contributed by atoms with Crippen molar-refractivity contribution in [2.75, 3.05) is 0 Å². The predicted molar refractivity (Wildman–Crippen MR) is 113 cm³/mol. The summed E-state index contributed by atoms with van der Waals surface area (Å²) in [5.41, 5.74) is 0.146. The van der Waals surface area contributed by atoms with Crippen LogP contribution in [-0.2, 0) is 13.1 Å². The Morgan fingerprint density at radius 3 is 2.48 bits per heavy atom. The first-order valence-electron chi connectivity index (χ1n) is 10.3. The largest absolute Gasteiger partial charge is 0.294 e. The quantitative estimate of drug-likeness (QED) is 0.290. The molecule has 4 aromatic heterocycles. The van der Waals surface area contributed by atoms with Crippen molar-refractivity contribution in [1.82, 2.24) is 65.0 Å². The van der Waals surface area contributed by atoms with Crippen LogP contribution in [-0.4, -0.2) is 65.0 Å². The van der Waals surface area contributed by atoms with Crippen LogP contribution in [0.2, 0.25) is 0 Å². The third-order valence-electron chi connectivity index (χ3n) is 5.48. The minimum Gasteiger partial charge on any atom is -0.294 e. The highest BCUT2D eigenvalue weighted by atomic mass is 16.1. The Balaban J connectivity index is 1.55. The van der Waals surface area contributed by atoms with E-state index in [0.717, 1.165) is 0 Å². The van der Waals surface area contributed by atoms with E-state index in [4.69, 9.17) is 0 Å². The van der Waals surface area contributed by atoms with E-state index in [1.165, 1.54) is 28.5 Å². The minimum absolute atomic E-state index is 0.195. The van der Waals surface area contributed by atoms with E-state index in [-0.39, 0.29) is 23.2 Å². The molecule has 15 nitrogen and oxygen atoms in total. The number of nitrogens with zero attached hydrogens (tertiary/aromatic N) is 13. The van der Waals surface area contributed by atoms with Crippen molar-refractivity contribution in [1.29, 1.82) is 0 Å². The zero-order valence-corrected chi connectivity index (χ0v) is 17.8. The van der Waals surface area contributed by atoms with Gasteiger partial charge >= 0.3 is 0 Å². The van der Waals surface area contributed by atoms with E-state index in [9.17, 15) is 9.59 Å². The molecule has 0 aliphatic heterocycles. The van der Waals surface area contributed by atoms with Crippen LogP contribution in [0.25, 0.3) is 21.8 Å². The summed E-state index contributed by atoms with van der Waals surface area (Å²) in [5, 5.41) is 31.5. The highest BCUT2D eigenvalue weighted by molar-refractivity contribution is 5.93. The van der Waals surface area contributed by atoms with Gasteiger partial charge in [-0.1, -0.05) is 12.1 Å². The fourth-order valence-corrected chi connectivity index (χ4v) is 3.71. The van der Waals surface area contributed by atoms with Crippen molar-refractivity contribution in [3.05, 3.63) is 51.8 Å². The lowest BCUT2D eigenvalue weighted by Crippen LogP contribution is -2.30. The van der Waals surface area contributed by atoms with Gasteiger partial charge in [-0.3, -0.25) is 14.2 Å². The molecule has 0 aliphatic carbocycles. The normalized spacial score (nSPS) is 13.5. The fraction of sp³-hybridized carbons (Fsp3) is 0.389. The molecule has 5 rings (SSSR count). The maximum atomic E-state index is 13.2. The molecule has 2 atom stereocenters. The summed E-state index contributed by atoms with van der Waals surface area (Å²) in [5.74, 6) is 0. The molecule has 4 heterocycles. The van der Waals surface area contributed by atoms with E-state index in [1.54, 1.807) is 28.3 Å². The monoisotopic (exact) mass is 449 g/mol. The molecule has 0 saturated carbocycles. The predicted octanol–water partition coefficient (Wildman–Crippen LogP) is -0.613. The number of benzene rings is 1. The molecular formula is C18H19N13O2. The molecule has 0 amide bonds. The van der Waals surface area contributed by atoms with Gasteiger partial charge in [0.05, 0.1) is 47.8 Å². The molecular weight excluding hydrogens is 430 g/mol. The summed E-state index contributed by atoms with van der Waals surface area (Å²) in [6.45, 7) is 4.50. The van der Waals surface area contributed by atoms with Crippen LogP contribution < -0.4 is 11.1 Å². The zero-order valence-electron chi connectivity index (χ0n) is 17.8. The van der Waals surface area contributed by atoms with Gasteiger partial charge in [-0.15, -0.1) is 20.4 Å². The first-order chi connectivity index (χ1) is 16.0. The number of fused-ring (bicyclic) bond motifs is 2. The van der Waals surface area contributed by atoms with Crippen LogP contribution >= 0.6 is 0 Å². The van der Waals surface area contributed by atoms with Crippen molar-refractivity contribution >= 4 is 21.8 Å². The van der Waals surface area contributed by atoms with Gasteiger partial charge in [0.15, 0.2) is 6.33 Å². The fourth-order valence-electron chi connectivity index (χ4n) is 3.71. The number of rotatable bonds is 7. The van der Waals surface area contributed by atoms with Gasteiger partial charge in [0, 0.05) is 0 Å². The lowest BCUT2D eigenvalue weighted by Gasteiger charge is -2.17. The second-order valence-corrected chi connectivity index (χ2v) is 7.62. The summed E-state index contributed by atoms with van der Waals surface area (Å²) >= 11 is 0. The summed E-state index contributed by atoms with van der Waals surface area (Å²) in [6, 6.07) is 2.57. The summed E-state index contributed by atoms with van der Waals surface area (Å²) in [4.78, 5) is 32.1. The average Bonchev–Trinajstić information content (AvgIpc) is 3.52. The third kappa shape index (κ3) is 3.72. The van der Waals surface area contributed by atoms with Crippen molar-refractivity contribution in [3.8, 4) is 0 Å². The topological polar surface area (TPSA) is 170 Å². The summed E-state index contributed by atoms with van der Waals surface area (Å²) in [7, 11) is 0. The molecule has 0 radical (unpaired) electrons. The Labute approximate surface area is 184 Å². The van der Waals surface area contributed by atoms with Crippen molar-refractivity contribution in [2.24, 2.45) is 0 Å². The zero-order chi connectivity index (χ0) is 22.9. The van der Waals surface area contributed by atoms with Crippen molar-refractivity contribution in [2.45, 2.75) is 45.4 Å². The van der Waals surface area contributed by atoms with Crippen LogP contribution in [0.1, 0.15) is 32.4 Å². The molecule has 15 heteroatoms. The maximum Gasteiger partial charge on any atom is 0.277 e. The molecule has 0 bridgehead atoms. The molecule has 0 aliphatic rings. The molecule has 168 valence electrons. The average molecular weight is 449 g/mol. The molecule has 0 spiro atoms. The van der Waals surface area contributed by atoms with Crippen molar-refractivity contribution in [3.63, 3.8) is 0 Å². The molecule has 33 heavy (non-hydrogen) atoms. The molecule has 0 N–H and O–H groups in total. The smallest absolute Gasteiger partial charge is 0.277 e. The van der Waals surface area contributed by atoms with Crippen LogP contribution in [0, 0.1) is 0 Å². The Morgan fingerprint density at radius 1 is 0.939 bits per heavy atom. The van der Waals surface area contributed by atoms with Gasteiger partial charge < -0.3 is 0 Å². The van der Waals surface area contributed by atoms with E-state index in [1.807, 2.05) is 6.92 Å². The number of hydrogen-bond donors (Lipinski definition) is 0. The minimum atomic E-state index is -0.364. The highest BCUT2D eigenvalue weighted by Crippen LogP contribution is 2.17. The standard InChI is InChI=1S/C18H19N13O2/c1-3-12(7-28-10-21-24-27-28)29-9-19-15-4-14-16(5-13(15)17(29)32)23-26-31(18(14)33)11(2)6-30-22-8-20-25-30/h4-5,8-12H,3,6-7H2,1-2H3. The van der Waals surface area contributed by atoms with Crippen LogP contribution in [0.5, 0.6) is 0 Å². The molecule has 0 fully saturated rings. The Kier molecular flexibility index (Phi) is 5.12. The number of aromatic nitrogens is 13. The van der Waals surface area contributed by atoms with Gasteiger partial charge in [-0.25, -0.2) is 14.3 Å². The summed E-state index contributed by atoms with van der Waals surface area (Å²) < 4.78 is 4.38. The Hall–Kier alpha value is -4.43. The van der Waals surface area contributed by atoms with Crippen molar-refractivity contribution < 1.29 is 0 Å². The highest BCUT2D eigenvalue weighted by Gasteiger charge is 2.18. The first kappa shape index (κ1) is 20.5. The van der Waals surface area contributed by atoms with E-state index in [0.29, 0.717) is 41.3 Å². The number of hydrogen-bond acceptors (Lipinski definition) is 11. The van der Waals surface area contributed by atoms with E-state index >= 15 is 0 Å². The molecule has 5 aromatic rings. The third-order valence-corrected chi connectivity index (χ3v) is 5.48. The lowest BCUT2D eigenvalue weighted by molar-refractivity contribution is 0.354. The summed E-state index contributed by atoms with van der Waals surface area (Å²) in [6.07, 6.45) is 4.97. The first-order valence-corrected chi connectivity index (χ1v) is 10.3. The maximum absolute atomic E-state index is 13.2. The van der Waals surface area contributed by atoms with Gasteiger partial charge in [-0.05, 0) is 41.1 Å². The van der Waals surface area contributed by atoms with E-state index in [2.05, 4.69) is 46.2 Å². The van der Waals surface area contributed by atoms with Crippen LogP contribution in [0.4, 0.5) is 0 Å². The molecule has 2 unspecified atom stereocenters. The SMILES string of the molecule is CCC(Cn1cnnn1)n1cnc2cc3c(=O)n(C(C)Cn4ncnn4)nnc3cc2c1=O. The van der Waals surface area contributed by atoms with Gasteiger partial charge in [-0.2, -0.15) is 4.80 Å². The Morgan fingerprint density at radius 2 is 1.76 bits per heavy atom. The number of tetrazole rings is 2. The van der Waals surface area contributed by atoms with Gasteiger partial charge in [0.2, 0.25) is 0 Å². The van der Waals surface area contributed by atoms with Crippen LogP contribution in [0.15, 0.2) is 40.7 Å². The lowest BCUT2D eigenvalue weighted by atomic mass is 10.1. The van der Waals surface area contributed by atoms with Gasteiger partial charge in [0.1, 0.15) is 11.8 Å². The van der Waals surface area contributed by atoms with Crippen LogP contribution in [0.3, 0.4) is 0 Å². The Bertz CT molecular complexity index is 1520. The second-order valence-electron chi connectivity index (χ2n) is 7.62. The van der Waals surface area contributed by atoms with Gasteiger partial charge in [0.25, 0.3) is 11.1 Å². The van der Waals surface area contributed by atoms with E-state index < -0.39 is 0 Å². The molecule has 1 aromatic carbocycles.